The van der Waals surface area contributed by atoms with Crippen LogP contribution in [0, 0.1) is 0 Å². The molecule has 0 radical (unpaired) electrons. The van der Waals surface area contributed by atoms with Gasteiger partial charge in [-0.1, -0.05) is 60.7 Å². The molecule has 1 saturated carbocycles. The highest BCUT2D eigenvalue weighted by atomic mass is 32.2. The zero-order valence-electron chi connectivity index (χ0n) is 21.8. The van der Waals surface area contributed by atoms with E-state index in [9.17, 15) is 13.2 Å². The van der Waals surface area contributed by atoms with Crippen molar-refractivity contribution in [3.63, 3.8) is 0 Å². The molecule has 1 amide bonds. The molecule has 9 heteroatoms. The minimum atomic E-state index is -3.67. The molecule has 0 atom stereocenters. The number of methoxy groups -OCH3 is 2. The van der Waals surface area contributed by atoms with Crippen molar-refractivity contribution >= 4 is 16.1 Å². The Labute approximate surface area is 224 Å². The molecule has 0 bridgehead atoms. The molecule has 38 heavy (non-hydrogen) atoms. The summed E-state index contributed by atoms with van der Waals surface area (Å²) in [5, 5.41) is 3.11. The van der Waals surface area contributed by atoms with Crippen molar-refractivity contribution in [1.82, 2.24) is 14.8 Å². The van der Waals surface area contributed by atoms with Gasteiger partial charge in [0.2, 0.25) is 0 Å². The largest absolute Gasteiger partial charge is 0.496 e. The molecule has 0 aliphatic heterocycles. The number of carbonyl (C=O) groups is 1. The first-order valence-corrected chi connectivity index (χ1v) is 14.2. The first-order chi connectivity index (χ1) is 18.4. The Kier molecular flexibility index (Phi) is 9.04. The smallest absolute Gasteiger partial charge is 0.277 e. The number of ether oxygens (including phenoxy) is 2. The van der Waals surface area contributed by atoms with Crippen molar-refractivity contribution in [2.24, 2.45) is 0 Å². The molecule has 8 nitrogen and oxygen atoms in total. The monoisotopic (exact) mass is 537 g/mol. The minimum Gasteiger partial charge on any atom is -0.496 e. The Morgan fingerprint density at radius 3 is 2.16 bits per heavy atom. The number of nitrogens with one attached hydrogen (secondary N) is 3. The number of hydrogen-bond acceptors (Lipinski definition) is 5. The van der Waals surface area contributed by atoms with Gasteiger partial charge in [-0.15, -0.1) is 0 Å². The summed E-state index contributed by atoms with van der Waals surface area (Å²) in [4.78, 5) is 13.1. The minimum absolute atomic E-state index is 0.212. The molecule has 4 rings (SSSR count). The van der Waals surface area contributed by atoms with E-state index < -0.39 is 15.6 Å². The van der Waals surface area contributed by atoms with E-state index in [0.717, 1.165) is 16.9 Å². The SMILES string of the molecule is COc1ccccc1C(=O)NC[C@]1(c2ccccc2OC)CC[C@H](NS(=O)(=O)NCc2ccccc2)CC1. The van der Waals surface area contributed by atoms with Crippen molar-refractivity contribution in [2.75, 3.05) is 20.8 Å². The van der Waals surface area contributed by atoms with Gasteiger partial charge >= 0.3 is 0 Å². The fourth-order valence-electron chi connectivity index (χ4n) is 5.12. The molecule has 1 aliphatic carbocycles. The number of hydrogen-bond donors (Lipinski definition) is 3. The van der Waals surface area contributed by atoms with E-state index in [-0.39, 0.29) is 18.5 Å². The number of carbonyl (C=O) groups excluding carboxylic acids is 1. The normalized spacial score (nSPS) is 19.5. The van der Waals surface area contributed by atoms with Crippen LogP contribution in [0.15, 0.2) is 78.9 Å². The Morgan fingerprint density at radius 1 is 0.868 bits per heavy atom. The van der Waals surface area contributed by atoms with Crippen molar-refractivity contribution in [2.45, 2.75) is 43.7 Å². The molecule has 0 heterocycles. The van der Waals surface area contributed by atoms with Gasteiger partial charge in [-0.05, 0) is 49.4 Å². The summed E-state index contributed by atoms with van der Waals surface area (Å²) in [6.45, 7) is 0.610. The van der Waals surface area contributed by atoms with Crippen molar-refractivity contribution in [3.05, 3.63) is 95.6 Å². The summed E-state index contributed by atoms with van der Waals surface area (Å²) in [5.41, 5.74) is 1.95. The first kappa shape index (κ1) is 27.6. The molecule has 3 aromatic rings. The van der Waals surface area contributed by atoms with Gasteiger partial charge in [-0.2, -0.15) is 17.9 Å². The van der Waals surface area contributed by atoms with Crippen LogP contribution in [0.5, 0.6) is 11.5 Å². The van der Waals surface area contributed by atoms with Crippen LogP contribution in [0.1, 0.15) is 47.2 Å². The van der Waals surface area contributed by atoms with Gasteiger partial charge in [-0.25, -0.2) is 0 Å². The van der Waals surface area contributed by atoms with Crippen LogP contribution in [-0.4, -0.2) is 41.1 Å². The van der Waals surface area contributed by atoms with Gasteiger partial charge in [-0.3, -0.25) is 4.79 Å². The lowest BCUT2D eigenvalue weighted by atomic mass is 9.68. The van der Waals surface area contributed by atoms with Crippen LogP contribution in [0.2, 0.25) is 0 Å². The maximum Gasteiger partial charge on any atom is 0.277 e. The van der Waals surface area contributed by atoms with Crippen LogP contribution in [0.3, 0.4) is 0 Å². The van der Waals surface area contributed by atoms with E-state index in [0.29, 0.717) is 43.5 Å². The first-order valence-electron chi connectivity index (χ1n) is 12.7. The second kappa shape index (κ2) is 12.4. The summed E-state index contributed by atoms with van der Waals surface area (Å²) < 4.78 is 41.9. The standard InChI is InChI=1S/C29H35N3O5S/c1-36-26-14-8-6-12-24(26)28(33)30-21-29(25-13-7-9-15-27(25)37-2)18-16-23(17-19-29)32-38(34,35)31-20-22-10-4-3-5-11-22/h3-15,23,31-32H,16-21H2,1-2H3,(H,30,33)/t23-,29-. The highest BCUT2D eigenvalue weighted by Gasteiger charge is 2.40. The molecule has 202 valence electrons. The molecule has 3 aromatic carbocycles. The lowest BCUT2D eigenvalue weighted by Gasteiger charge is -2.41. The van der Waals surface area contributed by atoms with E-state index in [4.69, 9.17) is 9.47 Å². The van der Waals surface area contributed by atoms with E-state index in [1.807, 2.05) is 60.7 Å². The Morgan fingerprint density at radius 2 is 1.47 bits per heavy atom. The number of amides is 1. The maximum atomic E-state index is 13.1. The van der Waals surface area contributed by atoms with Gasteiger partial charge < -0.3 is 14.8 Å². The Balaban J connectivity index is 1.47. The molecule has 0 saturated heterocycles. The summed E-state index contributed by atoms with van der Waals surface area (Å²) in [6.07, 6.45) is 2.58. The van der Waals surface area contributed by atoms with Gasteiger partial charge in [0.25, 0.3) is 16.1 Å². The third-order valence-corrected chi connectivity index (χ3v) is 8.36. The number of para-hydroxylation sites is 2. The highest BCUT2D eigenvalue weighted by molar-refractivity contribution is 7.87. The van der Waals surface area contributed by atoms with E-state index in [2.05, 4.69) is 14.8 Å². The average Bonchev–Trinajstić information content (AvgIpc) is 2.96. The van der Waals surface area contributed by atoms with Crippen LogP contribution >= 0.6 is 0 Å². The fraction of sp³-hybridized carbons (Fsp3) is 0.345. The van der Waals surface area contributed by atoms with Crippen molar-refractivity contribution in [3.8, 4) is 11.5 Å². The molecule has 3 N–H and O–H groups in total. The van der Waals surface area contributed by atoms with Gasteiger partial charge in [0.1, 0.15) is 11.5 Å². The molecular weight excluding hydrogens is 502 g/mol. The van der Waals surface area contributed by atoms with Crippen LogP contribution in [0.25, 0.3) is 0 Å². The van der Waals surface area contributed by atoms with Crippen molar-refractivity contribution < 1.29 is 22.7 Å². The van der Waals surface area contributed by atoms with Crippen LogP contribution < -0.4 is 24.2 Å². The van der Waals surface area contributed by atoms with Gasteiger partial charge in [0.05, 0.1) is 19.8 Å². The molecule has 0 unspecified atom stereocenters. The summed E-state index contributed by atoms with van der Waals surface area (Å²) in [6, 6.07) is 24.1. The third-order valence-electron chi connectivity index (χ3n) is 7.19. The van der Waals surface area contributed by atoms with E-state index >= 15 is 0 Å². The van der Waals surface area contributed by atoms with Crippen LogP contribution in [0.4, 0.5) is 0 Å². The molecule has 0 spiro atoms. The molecular formula is C29H35N3O5S. The Bertz CT molecular complexity index is 1320. The predicted molar refractivity (Wildman–Crippen MR) is 148 cm³/mol. The molecule has 0 aromatic heterocycles. The number of benzene rings is 3. The average molecular weight is 538 g/mol. The zero-order valence-corrected chi connectivity index (χ0v) is 22.6. The second-order valence-electron chi connectivity index (χ2n) is 9.57. The van der Waals surface area contributed by atoms with E-state index in [1.54, 1.807) is 32.4 Å². The van der Waals surface area contributed by atoms with Crippen molar-refractivity contribution in [1.29, 1.82) is 0 Å². The second-order valence-corrected chi connectivity index (χ2v) is 11.1. The number of rotatable bonds is 11. The zero-order chi connectivity index (χ0) is 27.0. The highest BCUT2D eigenvalue weighted by Crippen LogP contribution is 2.43. The lowest BCUT2D eigenvalue weighted by molar-refractivity contribution is 0.0931. The third kappa shape index (κ3) is 6.72. The van der Waals surface area contributed by atoms with Crippen LogP contribution in [-0.2, 0) is 22.2 Å². The fourth-order valence-corrected chi connectivity index (χ4v) is 6.24. The van der Waals surface area contributed by atoms with Gasteiger partial charge in [0, 0.05) is 30.1 Å². The van der Waals surface area contributed by atoms with Gasteiger partial charge in [0.15, 0.2) is 0 Å². The predicted octanol–water partition coefficient (Wildman–Crippen LogP) is 3.94. The Hall–Kier alpha value is -3.40. The molecule has 1 aliphatic rings. The quantitative estimate of drug-likeness (QED) is 0.344. The maximum absolute atomic E-state index is 13.1. The topological polar surface area (TPSA) is 106 Å². The summed E-state index contributed by atoms with van der Waals surface area (Å²) >= 11 is 0. The molecule has 1 fully saturated rings. The van der Waals surface area contributed by atoms with E-state index in [1.165, 1.54) is 0 Å². The summed E-state index contributed by atoms with van der Waals surface area (Å²) in [5.74, 6) is 1.05. The lowest BCUT2D eigenvalue weighted by Crippen LogP contribution is -2.49. The summed E-state index contributed by atoms with van der Waals surface area (Å²) in [7, 11) is -0.494.